The predicted octanol–water partition coefficient (Wildman–Crippen LogP) is 1.77. The van der Waals surface area contributed by atoms with Crippen LogP contribution < -0.4 is 10.0 Å². The van der Waals surface area contributed by atoms with Crippen LogP contribution in [0.15, 0.2) is 23.2 Å². The smallest absolute Gasteiger partial charge is 0.317 e. The summed E-state index contributed by atoms with van der Waals surface area (Å²) < 4.78 is 64.0. The van der Waals surface area contributed by atoms with E-state index in [9.17, 15) is 21.6 Å². The zero-order valence-corrected chi connectivity index (χ0v) is 12.9. The Hall–Kier alpha value is -1.19. The summed E-state index contributed by atoms with van der Waals surface area (Å²) in [5.41, 5.74) is -1.27. The van der Waals surface area contributed by atoms with Crippen molar-refractivity contribution in [1.29, 1.82) is 0 Å². The van der Waals surface area contributed by atoms with Crippen LogP contribution in [0.5, 0.6) is 0 Å². The van der Waals surface area contributed by atoms with E-state index in [0.717, 1.165) is 38.2 Å². The fraction of sp³-hybridized carbons (Fsp3) is 0.615. The zero-order chi connectivity index (χ0) is 16.4. The molecule has 124 valence electrons. The van der Waals surface area contributed by atoms with Crippen LogP contribution in [0, 0.1) is 5.41 Å². The van der Waals surface area contributed by atoms with E-state index >= 15 is 0 Å². The number of nitrogens with one attached hydrogen (secondary N) is 2. The van der Waals surface area contributed by atoms with Crippen molar-refractivity contribution in [3.05, 3.63) is 24.0 Å². The fourth-order valence-corrected chi connectivity index (χ4v) is 3.41. The van der Waals surface area contributed by atoms with Gasteiger partial charge in [0.15, 0.2) is 0 Å². The van der Waals surface area contributed by atoms with E-state index in [-0.39, 0.29) is 16.9 Å². The molecular formula is C13H18F3N3O2S. The summed E-state index contributed by atoms with van der Waals surface area (Å²) in [5.74, 6) is 0. The van der Waals surface area contributed by atoms with E-state index in [2.05, 4.69) is 15.0 Å². The SMILES string of the molecule is CC1(CNS(=O)(=O)c2ccc(C(F)(F)F)nc2)CCNCC1. The number of hydrogen-bond donors (Lipinski definition) is 2. The molecule has 2 N–H and O–H groups in total. The van der Waals surface area contributed by atoms with Gasteiger partial charge in [0, 0.05) is 12.7 Å². The van der Waals surface area contributed by atoms with E-state index in [1.165, 1.54) is 0 Å². The van der Waals surface area contributed by atoms with Gasteiger partial charge < -0.3 is 5.32 Å². The van der Waals surface area contributed by atoms with Crippen LogP contribution in [0.4, 0.5) is 13.2 Å². The summed E-state index contributed by atoms with van der Waals surface area (Å²) in [6.07, 6.45) is -2.18. The number of nitrogens with zero attached hydrogens (tertiary/aromatic N) is 1. The molecule has 2 heterocycles. The molecule has 0 aromatic carbocycles. The molecular weight excluding hydrogens is 319 g/mol. The average Bonchev–Trinajstić information content (AvgIpc) is 2.46. The van der Waals surface area contributed by atoms with E-state index in [0.29, 0.717) is 6.07 Å². The Labute approximate surface area is 127 Å². The molecule has 1 aliphatic rings. The summed E-state index contributed by atoms with van der Waals surface area (Å²) in [4.78, 5) is 2.91. The largest absolute Gasteiger partial charge is 0.433 e. The maximum atomic E-state index is 12.4. The highest BCUT2D eigenvalue weighted by Gasteiger charge is 2.33. The topological polar surface area (TPSA) is 71.1 Å². The van der Waals surface area contributed by atoms with Crippen LogP contribution >= 0.6 is 0 Å². The summed E-state index contributed by atoms with van der Waals surface area (Å²) >= 11 is 0. The van der Waals surface area contributed by atoms with Crippen LogP contribution in [-0.2, 0) is 16.2 Å². The Morgan fingerprint density at radius 2 is 1.95 bits per heavy atom. The molecule has 0 unspecified atom stereocenters. The van der Waals surface area contributed by atoms with Crippen LogP contribution in [0.1, 0.15) is 25.5 Å². The molecule has 1 aliphatic heterocycles. The molecule has 0 radical (unpaired) electrons. The minimum atomic E-state index is -4.59. The van der Waals surface area contributed by atoms with Crippen LogP contribution in [-0.4, -0.2) is 33.0 Å². The van der Waals surface area contributed by atoms with Gasteiger partial charge in [0.2, 0.25) is 10.0 Å². The molecule has 1 fully saturated rings. The summed E-state index contributed by atoms with van der Waals surface area (Å²) in [5, 5.41) is 3.20. The van der Waals surface area contributed by atoms with Crippen molar-refractivity contribution in [3.8, 4) is 0 Å². The molecule has 9 heteroatoms. The Kier molecular flexibility index (Phi) is 4.78. The highest BCUT2D eigenvalue weighted by atomic mass is 32.2. The van der Waals surface area contributed by atoms with E-state index in [1.807, 2.05) is 6.92 Å². The van der Waals surface area contributed by atoms with E-state index < -0.39 is 21.9 Å². The van der Waals surface area contributed by atoms with E-state index in [4.69, 9.17) is 0 Å². The number of sulfonamides is 1. The summed E-state index contributed by atoms with van der Waals surface area (Å²) in [6.45, 7) is 3.87. The maximum absolute atomic E-state index is 12.4. The normalized spacial score (nSPS) is 19.1. The molecule has 0 spiro atoms. The lowest BCUT2D eigenvalue weighted by atomic mass is 9.81. The van der Waals surface area contributed by atoms with Gasteiger partial charge in [0.25, 0.3) is 0 Å². The molecule has 0 atom stereocenters. The first-order chi connectivity index (χ1) is 10.1. The van der Waals surface area contributed by atoms with Gasteiger partial charge >= 0.3 is 6.18 Å². The Bertz CT molecular complexity index is 608. The minimum absolute atomic E-state index is 0.155. The number of pyridine rings is 1. The van der Waals surface area contributed by atoms with Gasteiger partial charge in [-0.25, -0.2) is 13.1 Å². The quantitative estimate of drug-likeness (QED) is 0.878. The second kappa shape index (κ2) is 6.13. The number of aromatic nitrogens is 1. The molecule has 1 aromatic rings. The third kappa shape index (κ3) is 4.17. The number of hydrogen-bond acceptors (Lipinski definition) is 4. The average molecular weight is 337 g/mol. The molecule has 1 aromatic heterocycles. The van der Waals surface area contributed by atoms with Gasteiger partial charge in [-0.2, -0.15) is 13.2 Å². The lowest BCUT2D eigenvalue weighted by Gasteiger charge is -2.34. The third-order valence-electron chi connectivity index (χ3n) is 3.84. The predicted molar refractivity (Wildman–Crippen MR) is 74.6 cm³/mol. The molecule has 0 aliphatic carbocycles. The van der Waals surface area contributed by atoms with Crippen molar-refractivity contribution in [2.24, 2.45) is 5.41 Å². The Morgan fingerprint density at radius 1 is 1.32 bits per heavy atom. The first-order valence-corrected chi connectivity index (χ1v) is 8.34. The van der Waals surface area contributed by atoms with Crippen LogP contribution in [0.25, 0.3) is 0 Å². The molecule has 0 saturated carbocycles. The lowest BCUT2D eigenvalue weighted by Crippen LogP contribution is -2.42. The highest BCUT2D eigenvalue weighted by molar-refractivity contribution is 7.89. The second-order valence-corrected chi connectivity index (χ2v) is 7.53. The maximum Gasteiger partial charge on any atom is 0.433 e. The number of piperidine rings is 1. The van der Waals surface area contributed by atoms with Crippen LogP contribution in [0.2, 0.25) is 0 Å². The summed E-state index contributed by atoms with van der Waals surface area (Å²) in [6, 6.07) is 1.59. The first kappa shape index (κ1) is 17.2. The van der Waals surface area contributed by atoms with Crippen molar-refractivity contribution < 1.29 is 21.6 Å². The van der Waals surface area contributed by atoms with E-state index in [1.54, 1.807) is 0 Å². The van der Waals surface area contributed by atoms with Crippen molar-refractivity contribution in [3.63, 3.8) is 0 Å². The molecule has 22 heavy (non-hydrogen) atoms. The fourth-order valence-electron chi connectivity index (χ4n) is 2.27. The Balaban J connectivity index is 2.07. The monoisotopic (exact) mass is 337 g/mol. The molecule has 1 saturated heterocycles. The minimum Gasteiger partial charge on any atom is -0.317 e. The van der Waals surface area contributed by atoms with Crippen LogP contribution in [0.3, 0.4) is 0 Å². The zero-order valence-electron chi connectivity index (χ0n) is 12.1. The highest BCUT2D eigenvalue weighted by Crippen LogP contribution is 2.29. The van der Waals surface area contributed by atoms with Gasteiger partial charge in [0.05, 0.1) is 0 Å². The molecule has 0 amide bonds. The van der Waals surface area contributed by atoms with Gasteiger partial charge in [-0.3, -0.25) is 4.98 Å². The van der Waals surface area contributed by atoms with Gasteiger partial charge in [0.1, 0.15) is 10.6 Å². The van der Waals surface area contributed by atoms with Gasteiger partial charge in [-0.15, -0.1) is 0 Å². The molecule has 0 bridgehead atoms. The number of rotatable bonds is 4. The Morgan fingerprint density at radius 3 is 2.45 bits per heavy atom. The molecule has 5 nitrogen and oxygen atoms in total. The summed E-state index contributed by atoms with van der Waals surface area (Å²) in [7, 11) is -3.86. The lowest BCUT2D eigenvalue weighted by molar-refractivity contribution is -0.141. The standard InChI is InChI=1S/C13H18F3N3O2S/c1-12(4-6-17-7-5-12)9-19-22(20,21)10-2-3-11(18-8-10)13(14,15)16/h2-3,8,17,19H,4-7,9H2,1H3. The number of alkyl halides is 3. The second-order valence-electron chi connectivity index (χ2n) is 5.76. The van der Waals surface area contributed by atoms with Crippen molar-refractivity contribution in [1.82, 2.24) is 15.0 Å². The van der Waals surface area contributed by atoms with Crippen molar-refractivity contribution in [2.75, 3.05) is 19.6 Å². The third-order valence-corrected chi connectivity index (χ3v) is 5.22. The van der Waals surface area contributed by atoms with Gasteiger partial charge in [-0.05, 0) is 43.5 Å². The first-order valence-electron chi connectivity index (χ1n) is 6.86. The van der Waals surface area contributed by atoms with Crippen molar-refractivity contribution >= 4 is 10.0 Å². The molecule has 2 rings (SSSR count). The van der Waals surface area contributed by atoms with Gasteiger partial charge in [-0.1, -0.05) is 6.92 Å². The van der Waals surface area contributed by atoms with Crippen molar-refractivity contribution in [2.45, 2.75) is 30.8 Å². The number of halogens is 3.